The lowest BCUT2D eigenvalue weighted by Crippen LogP contribution is -2.42. The zero-order valence-electron chi connectivity index (χ0n) is 20.8. The Morgan fingerprint density at radius 1 is 1.30 bits per heavy atom. The summed E-state index contributed by atoms with van der Waals surface area (Å²) in [6.45, 7) is 13.8. The molecule has 1 aliphatic heterocycles. The number of amides is 1. The number of aryl methyl sites for hydroxylation is 2. The Morgan fingerprint density at radius 2 is 1.97 bits per heavy atom. The highest BCUT2D eigenvalue weighted by Gasteiger charge is 2.31. The number of halogens is 1. The molecule has 0 radical (unpaired) electrons. The average molecular weight is 476 g/mol. The Morgan fingerprint density at radius 3 is 2.55 bits per heavy atom. The lowest BCUT2D eigenvalue weighted by atomic mass is 9.80. The molecule has 1 amide bonds. The number of likely N-dealkylation sites (tertiary alicyclic amines) is 1. The van der Waals surface area contributed by atoms with Crippen LogP contribution < -0.4 is 10.9 Å². The van der Waals surface area contributed by atoms with Gasteiger partial charge in [0.15, 0.2) is 0 Å². The van der Waals surface area contributed by atoms with Gasteiger partial charge in [-0.05, 0) is 96.0 Å². The van der Waals surface area contributed by atoms with Gasteiger partial charge in [0.2, 0.25) is 0 Å². The molecule has 1 unspecified atom stereocenters. The molecule has 1 saturated heterocycles. The monoisotopic (exact) mass is 475 g/mol. The standard InChI is InChI=1S/C26H38FN3O2S/c1-7-20(19-8-10-30(11-9-19)15-26(5,6)27)23-18(4)22(14-33-23)24(31)28-13-21-16(2)12-17(3)29-25(21)32/h12,14,19-20H,7-11,13,15H2,1-6H3,(H,28,31)(H,29,32). The van der Waals surface area contributed by atoms with Gasteiger partial charge in [0.25, 0.3) is 11.5 Å². The fraction of sp³-hybridized carbons (Fsp3) is 0.615. The van der Waals surface area contributed by atoms with Crippen LogP contribution in [0.4, 0.5) is 4.39 Å². The lowest BCUT2D eigenvalue weighted by Gasteiger charge is -2.37. The fourth-order valence-corrected chi connectivity index (χ4v) is 6.51. The molecule has 7 heteroatoms. The van der Waals surface area contributed by atoms with E-state index < -0.39 is 5.67 Å². The quantitative estimate of drug-likeness (QED) is 0.548. The highest BCUT2D eigenvalue weighted by atomic mass is 32.1. The largest absolute Gasteiger partial charge is 0.348 e. The third-order valence-corrected chi connectivity index (χ3v) is 8.04. The van der Waals surface area contributed by atoms with Gasteiger partial charge in [0.05, 0.1) is 5.56 Å². The second-order valence-electron chi connectivity index (χ2n) is 10.1. The van der Waals surface area contributed by atoms with Crippen molar-refractivity contribution in [2.75, 3.05) is 19.6 Å². The molecule has 2 aromatic rings. The number of thiophene rings is 1. The van der Waals surface area contributed by atoms with E-state index in [1.165, 1.54) is 4.88 Å². The number of hydrogen-bond acceptors (Lipinski definition) is 4. The van der Waals surface area contributed by atoms with Crippen molar-refractivity contribution in [1.82, 2.24) is 15.2 Å². The molecule has 182 valence electrons. The minimum absolute atomic E-state index is 0.135. The van der Waals surface area contributed by atoms with Crippen LogP contribution in [0.2, 0.25) is 0 Å². The molecule has 5 nitrogen and oxygen atoms in total. The van der Waals surface area contributed by atoms with Gasteiger partial charge in [0.1, 0.15) is 5.67 Å². The Balaban J connectivity index is 1.67. The molecular weight excluding hydrogens is 437 g/mol. The van der Waals surface area contributed by atoms with Crippen LogP contribution in [-0.4, -0.2) is 41.1 Å². The second-order valence-corrected chi connectivity index (χ2v) is 11.0. The van der Waals surface area contributed by atoms with Crippen LogP contribution in [0.3, 0.4) is 0 Å². The van der Waals surface area contributed by atoms with E-state index in [1.807, 2.05) is 32.2 Å². The van der Waals surface area contributed by atoms with Gasteiger partial charge in [-0.25, -0.2) is 4.39 Å². The average Bonchev–Trinajstić information content (AvgIpc) is 3.09. The summed E-state index contributed by atoms with van der Waals surface area (Å²) < 4.78 is 14.0. The van der Waals surface area contributed by atoms with Gasteiger partial charge in [-0.3, -0.25) is 9.59 Å². The Bertz CT molecular complexity index is 1030. The summed E-state index contributed by atoms with van der Waals surface area (Å²) in [6, 6.07) is 1.92. The second kappa shape index (κ2) is 10.5. The number of hydrogen-bond donors (Lipinski definition) is 2. The first-order valence-electron chi connectivity index (χ1n) is 12.0. The normalized spacial score (nSPS) is 16.7. The van der Waals surface area contributed by atoms with Gasteiger partial charge >= 0.3 is 0 Å². The molecule has 0 spiro atoms. The minimum Gasteiger partial charge on any atom is -0.348 e. The van der Waals surface area contributed by atoms with E-state index in [9.17, 15) is 14.0 Å². The van der Waals surface area contributed by atoms with Crippen molar-refractivity contribution < 1.29 is 9.18 Å². The van der Waals surface area contributed by atoms with Crippen LogP contribution in [-0.2, 0) is 6.54 Å². The summed E-state index contributed by atoms with van der Waals surface area (Å²) in [7, 11) is 0. The first-order chi connectivity index (χ1) is 15.5. The van der Waals surface area contributed by atoms with E-state index in [0.717, 1.165) is 49.2 Å². The molecular formula is C26H38FN3O2S. The maximum absolute atomic E-state index is 14.0. The first kappa shape index (κ1) is 25.6. The number of carbonyl (C=O) groups is 1. The molecule has 1 fully saturated rings. The number of carbonyl (C=O) groups excluding carboxylic acids is 1. The van der Waals surface area contributed by atoms with Crippen molar-refractivity contribution in [2.45, 2.75) is 78.9 Å². The zero-order valence-corrected chi connectivity index (χ0v) is 21.6. The van der Waals surface area contributed by atoms with Crippen LogP contribution >= 0.6 is 11.3 Å². The summed E-state index contributed by atoms with van der Waals surface area (Å²) in [6.07, 6.45) is 3.14. The van der Waals surface area contributed by atoms with Crippen LogP contribution in [0.15, 0.2) is 16.2 Å². The molecule has 3 rings (SSSR count). The van der Waals surface area contributed by atoms with E-state index in [1.54, 1.807) is 25.2 Å². The number of nitrogens with one attached hydrogen (secondary N) is 2. The number of nitrogens with zero attached hydrogens (tertiary/aromatic N) is 1. The molecule has 3 heterocycles. The van der Waals surface area contributed by atoms with Gasteiger partial charge in [-0.2, -0.15) is 0 Å². The van der Waals surface area contributed by atoms with Gasteiger partial charge in [0, 0.05) is 34.6 Å². The van der Waals surface area contributed by atoms with Crippen molar-refractivity contribution in [3.8, 4) is 0 Å². The molecule has 1 atom stereocenters. The summed E-state index contributed by atoms with van der Waals surface area (Å²) in [5.41, 5.74) is 2.73. The molecule has 2 N–H and O–H groups in total. The van der Waals surface area contributed by atoms with Crippen molar-refractivity contribution in [3.05, 3.63) is 54.6 Å². The van der Waals surface area contributed by atoms with Crippen molar-refractivity contribution in [1.29, 1.82) is 0 Å². The maximum atomic E-state index is 14.0. The van der Waals surface area contributed by atoms with E-state index in [0.29, 0.717) is 29.5 Å². The molecule has 1 aliphatic rings. The topological polar surface area (TPSA) is 65.2 Å². The third kappa shape index (κ3) is 6.33. The fourth-order valence-electron chi connectivity index (χ4n) is 5.16. The van der Waals surface area contributed by atoms with E-state index in [2.05, 4.69) is 22.1 Å². The SMILES string of the molecule is CCC(c1scc(C(=O)NCc2c(C)cc(C)[nH]c2=O)c1C)C1CCN(CC(C)(C)F)CC1. The molecule has 33 heavy (non-hydrogen) atoms. The van der Waals surface area contributed by atoms with Gasteiger partial charge in [-0.1, -0.05) is 6.92 Å². The van der Waals surface area contributed by atoms with Crippen LogP contribution in [0, 0.1) is 26.7 Å². The van der Waals surface area contributed by atoms with Crippen LogP contribution in [0.1, 0.15) is 83.6 Å². The smallest absolute Gasteiger partial charge is 0.253 e. The predicted octanol–water partition coefficient (Wildman–Crippen LogP) is 5.25. The molecule has 2 aromatic heterocycles. The summed E-state index contributed by atoms with van der Waals surface area (Å²) >= 11 is 1.67. The number of alkyl halides is 1. The summed E-state index contributed by atoms with van der Waals surface area (Å²) in [5.74, 6) is 0.833. The molecule has 0 aliphatic carbocycles. The van der Waals surface area contributed by atoms with Crippen molar-refractivity contribution >= 4 is 17.2 Å². The van der Waals surface area contributed by atoms with Crippen LogP contribution in [0.25, 0.3) is 0 Å². The molecule has 0 aromatic carbocycles. The lowest BCUT2D eigenvalue weighted by molar-refractivity contribution is 0.0902. The Hall–Kier alpha value is -1.99. The minimum atomic E-state index is -1.16. The van der Waals surface area contributed by atoms with Gasteiger partial charge in [-0.15, -0.1) is 11.3 Å². The highest BCUT2D eigenvalue weighted by molar-refractivity contribution is 7.10. The molecule has 0 saturated carbocycles. The number of aromatic nitrogens is 1. The van der Waals surface area contributed by atoms with E-state index in [-0.39, 0.29) is 18.0 Å². The number of aromatic amines is 1. The van der Waals surface area contributed by atoms with Crippen molar-refractivity contribution in [2.24, 2.45) is 5.92 Å². The predicted molar refractivity (Wildman–Crippen MR) is 134 cm³/mol. The van der Waals surface area contributed by atoms with E-state index in [4.69, 9.17) is 0 Å². The number of piperidine rings is 1. The molecule has 0 bridgehead atoms. The first-order valence-corrected chi connectivity index (χ1v) is 12.8. The van der Waals surface area contributed by atoms with Gasteiger partial charge < -0.3 is 15.2 Å². The number of pyridine rings is 1. The Kier molecular flexibility index (Phi) is 8.17. The van der Waals surface area contributed by atoms with E-state index >= 15 is 0 Å². The third-order valence-electron chi connectivity index (χ3n) is 6.82. The van der Waals surface area contributed by atoms with Crippen molar-refractivity contribution in [3.63, 3.8) is 0 Å². The summed E-state index contributed by atoms with van der Waals surface area (Å²) in [4.78, 5) is 31.5. The number of rotatable bonds is 8. The Labute approximate surface area is 200 Å². The highest BCUT2D eigenvalue weighted by Crippen LogP contribution is 2.40. The zero-order chi connectivity index (χ0) is 24.3. The van der Waals surface area contributed by atoms with Crippen LogP contribution in [0.5, 0.6) is 0 Å². The summed E-state index contributed by atoms with van der Waals surface area (Å²) in [5, 5.41) is 4.89. The maximum Gasteiger partial charge on any atom is 0.253 e. The number of H-pyrrole nitrogens is 1.